The minimum atomic E-state index is -0.253. The Bertz CT molecular complexity index is 850. The lowest BCUT2D eigenvalue weighted by Gasteiger charge is -1.99. The summed E-state index contributed by atoms with van der Waals surface area (Å²) in [4.78, 5) is 15.8. The second-order valence-electron chi connectivity index (χ2n) is 5.01. The summed E-state index contributed by atoms with van der Waals surface area (Å²) in [5, 5.41) is 5.20. The number of aryl methyl sites for hydroxylation is 1. The van der Waals surface area contributed by atoms with Crippen LogP contribution in [-0.2, 0) is 7.05 Å². The van der Waals surface area contributed by atoms with E-state index < -0.39 is 0 Å². The van der Waals surface area contributed by atoms with Crippen LogP contribution in [0.25, 0.3) is 10.9 Å². The predicted octanol–water partition coefficient (Wildman–Crippen LogP) is 2.65. The molecule has 110 valence electrons. The third-order valence-corrected chi connectivity index (χ3v) is 3.75. The lowest BCUT2D eigenvalue weighted by atomic mass is 10.1. The smallest absolute Gasteiger partial charge is 0.271 e. The van der Waals surface area contributed by atoms with Crippen LogP contribution in [0, 0.1) is 6.92 Å². The van der Waals surface area contributed by atoms with Gasteiger partial charge in [0.2, 0.25) is 0 Å². The van der Waals surface area contributed by atoms with Gasteiger partial charge in [-0.3, -0.25) is 9.78 Å². The maximum atomic E-state index is 11.9. The van der Waals surface area contributed by atoms with E-state index in [-0.39, 0.29) is 5.91 Å². The normalized spacial score (nSPS) is 11.2. The van der Waals surface area contributed by atoms with Crippen molar-refractivity contribution in [3.63, 3.8) is 0 Å². The van der Waals surface area contributed by atoms with Gasteiger partial charge >= 0.3 is 0 Å². The van der Waals surface area contributed by atoms with E-state index in [0.29, 0.717) is 5.56 Å². The van der Waals surface area contributed by atoms with Crippen molar-refractivity contribution in [1.29, 1.82) is 0 Å². The summed E-state index contributed by atoms with van der Waals surface area (Å²) in [6.07, 6.45) is 4.84. The molecule has 0 spiro atoms. The topological polar surface area (TPSA) is 59.3 Å². The molecule has 1 N–H and O–H groups in total. The molecule has 2 heterocycles. The zero-order valence-corrected chi connectivity index (χ0v) is 12.4. The molecule has 22 heavy (non-hydrogen) atoms. The number of pyridine rings is 1. The summed E-state index contributed by atoms with van der Waals surface area (Å²) in [5.41, 5.74) is 6.32. The standard InChI is InChI=1S/C17H16N4O/c1-12-15(14-5-3-4-6-16(14)21(12)2)11-19-20-17(22)13-7-9-18-10-8-13/h3-11H,1-2H3,(H,20,22)/b19-11-. The second-order valence-corrected chi connectivity index (χ2v) is 5.01. The highest BCUT2D eigenvalue weighted by Gasteiger charge is 2.09. The van der Waals surface area contributed by atoms with Crippen LogP contribution in [0.3, 0.4) is 0 Å². The molecule has 0 aliphatic carbocycles. The highest BCUT2D eigenvalue weighted by atomic mass is 16.2. The van der Waals surface area contributed by atoms with Gasteiger partial charge in [-0.25, -0.2) is 5.43 Å². The number of para-hydroxylation sites is 1. The molecular formula is C17H16N4O. The zero-order chi connectivity index (χ0) is 15.5. The molecule has 0 unspecified atom stereocenters. The third-order valence-electron chi connectivity index (χ3n) is 3.75. The predicted molar refractivity (Wildman–Crippen MR) is 87.0 cm³/mol. The van der Waals surface area contributed by atoms with Crippen LogP contribution in [0.4, 0.5) is 0 Å². The molecule has 3 rings (SSSR count). The summed E-state index contributed by atoms with van der Waals surface area (Å²) >= 11 is 0. The van der Waals surface area contributed by atoms with E-state index in [2.05, 4.69) is 26.1 Å². The van der Waals surface area contributed by atoms with E-state index in [1.54, 1.807) is 30.7 Å². The van der Waals surface area contributed by atoms with Crippen LogP contribution in [0.5, 0.6) is 0 Å². The molecule has 5 nitrogen and oxygen atoms in total. The van der Waals surface area contributed by atoms with Gasteiger partial charge in [-0.1, -0.05) is 18.2 Å². The van der Waals surface area contributed by atoms with Crippen LogP contribution in [0.1, 0.15) is 21.6 Å². The molecule has 0 bridgehead atoms. The first-order chi connectivity index (χ1) is 10.7. The first-order valence-electron chi connectivity index (χ1n) is 6.96. The fourth-order valence-corrected chi connectivity index (χ4v) is 2.44. The van der Waals surface area contributed by atoms with Crippen molar-refractivity contribution in [1.82, 2.24) is 15.0 Å². The van der Waals surface area contributed by atoms with Gasteiger partial charge in [0.1, 0.15) is 0 Å². The Morgan fingerprint density at radius 3 is 2.73 bits per heavy atom. The molecule has 0 radical (unpaired) electrons. The highest BCUT2D eigenvalue weighted by Crippen LogP contribution is 2.22. The van der Waals surface area contributed by atoms with E-state index in [9.17, 15) is 4.79 Å². The van der Waals surface area contributed by atoms with Gasteiger partial charge in [0.25, 0.3) is 5.91 Å². The quantitative estimate of drug-likeness (QED) is 0.596. The average molecular weight is 292 g/mol. The molecular weight excluding hydrogens is 276 g/mol. The Morgan fingerprint density at radius 2 is 1.95 bits per heavy atom. The molecule has 0 fully saturated rings. The number of amides is 1. The molecule has 3 aromatic rings. The number of hydrogen-bond donors (Lipinski definition) is 1. The van der Waals surface area contributed by atoms with E-state index in [1.165, 1.54) is 0 Å². The number of benzene rings is 1. The van der Waals surface area contributed by atoms with Crippen LogP contribution < -0.4 is 5.43 Å². The van der Waals surface area contributed by atoms with Crippen molar-refractivity contribution in [2.24, 2.45) is 12.1 Å². The molecule has 1 aromatic carbocycles. The van der Waals surface area contributed by atoms with Crippen molar-refractivity contribution >= 4 is 23.0 Å². The average Bonchev–Trinajstić information content (AvgIpc) is 2.81. The number of nitrogens with one attached hydrogen (secondary N) is 1. The zero-order valence-electron chi connectivity index (χ0n) is 12.4. The number of carbonyl (C=O) groups is 1. The third kappa shape index (κ3) is 2.48. The summed E-state index contributed by atoms with van der Waals surface area (Å²) in [6, 6.07) is 11.4. The second kappa shape index (κ2) is 5.81. The van der Waals surface area contributed by atoms with Gasteiger partial charge in [-0.15, -0.1) is 0 Å². The molecule has 0 atom stereocenters. The lowest BCUT2D eigenvalue weighted by Crippen LogP contribution is -2.17. The molecule has 5 heteroatoms. The van der Waals surface area contributed by atoms with Crippen molar-refractivity contribution in [3.05, 3.63) is 65.6 Å². The molecule has 0 aliphatic heterocycles. The van der Waals surface area contributed by atoms with Gasteiger partial charge in [0.15, 0.2) is 0 Å². The summed E-state index contributed by atoms with van der Waals surface area (Å²) < 4.78 is 2.11. The molecule has 1 amide bonds. The number of hydrazone groups is 1. The summed E-state index contributed by atoms with van der Waals surface area (Å²) in [6.45, 7) is 2.03. The minimum Gasteiger partial charge on any atom is -0.347 e. The fraction of sp³-hybridized carbons (Fsp3) is 0.118. The number of hydrogen-bond acceptors (Lipinski definition) is 3. The van der Waals surface area contributed by atoms with Crippen LogP contribution in [0.15, 0.2) is 53.9 Å². The van der Waals surface area contributed by atoms with Crippen molar-refractivity contribution in [2.75, 3.05) is 0 Å². The van der Waals surface area contributed by atoms with Gasteiger partial charge in [-0.05, 0) is 25.1 Å². The van der Waals surface area contributed by atoms with Gasteiger partial charge < -0.3 is 4.57 Å². The number of fused-ring (bicyclic) bond motifs is 1. The Hall–Kier alpha value is -2.95. The largest absolute Gasteiger partial charge is 0.347 e. The summed E-state index contributed by atoms with van der Waals surface area (Å²) in [7, 11) is 2.02. The lowest BCUT2D eigenvalue weighted by molar-refractivity contribution is 0.0955. The highest BCUT2D eigenvalue weighted by molar-refractivity contribution is 6.02. The van der Waals surface area contributed by atoms with Crippen molar-refractivity contribution in [3.8, 4) is 0 Å². The maximum Gasteiger partial charge on any atom is 0.271 e. The van der Waals surface area contributed by atoms with Crippen LogP contribution in [-0.4, -0.2) is 21.7 Å². The summed E-state index contributed by atoms with van der Waals surface area (Å²) in [5.74, 6) is -0.253. The Balaban J connectivity index is 1.85. The van der Waals surface area contributed by atoms with Gasteiger partial charge in [0.05, 0.1) is 6.21 Å². The van der Waals surface area contributed by atoms with E-state index in [1.807, 2.05) is 32.2 Å². The number of carbonyl (C=O) groups excluding carboxylic acids is 1. The first-order valence-corrected chi connectivity index (χ1v) is 6.96. The number of nitrogens with zero attached hydrogens (tertiary/aromatic N) is 3. The van der Waals surface area contributed by atoms with Crippen molar-refractivity contribution in [2.45, 2.75) is 6.92 Å². The molecule has 0 aliphatic rings. The molecule has 0 saturated carbocycles. The van der Waals surface area contributed by atoms with E-state index >= 15 is 0 Å². The first kappa shape index (κ1) is 14.0. The van der Waals surface area contributed by atoms with E-state index in [0.717, 1.165) is 22.2 Å². The van der Waals surface area contributed by atoms with E-state index in [4.69, 9.17) is 0 Å². The Morgan fingerprint density at radius 1 is 1.23 bits per heavy atom. The fourth-order valence-electron chi connectivity index (χ4n) is 2.44. The monoisotopic (exact) mass is 292 g/mol. The van der Waals surface area contributed by atoms with Crippen molar-refractivity contribution < 1.29 is 4.79 Å². The number of rotatable bonds is 3. The molecule has 2 aromatic heterocycles. The van der Waals surface area contributed by atoms with Crippen LogP contribution >= 0.6 is 0 Å². The minimum absolute atomic E-state index is 0.253. The van der Waals surface area contributed by atoms with Gasteiger partial charge in [-0.2, -0.15) is 5.10 Å². The van der Waals surface area contributed by atoms with Crippen LogP contribution in [0.2, 0.25) is 0 Å². The SMILES string of the molecule is Cc1c(/C=N\NC(=O)c2ccncc2)c2ccccc2n1C. The van der Waals surface area contributed by atoms with Gasteiger partial charge in [0, 0.05) is 47.2 Å². The Kier molecular flexibility index (Phi) is 3.70. The number of aromatic nitrogens is 2. The maximum absolute atomic E-state index is 11.9. The molecule has 0 saturated heterocycles. The Labute approximate surface area is 128 Å².